The van der Waals surface area contributed by atoms with Gasteiger partial charge in [0.15, 0.2) is 0 Å². The van der Waals surface area contributed by atoms with Crippen molar-refractivity contribution in [3.63, 3.8) is 0 Å². The number of hydrogen-bond acceptors (Lipinski definition) is 5. The highest BCUT2D eigenvalue weighted by atomic mass is 16.5. The maximum Gasteiger partial charge on any atom is 0.337 e. The second-order valence-corrected chi connectivity index (χ2v) is 10.9. The Morgan fingerprint density at radius 1 is 0.975 bits per heavy atom. The van der Waals surface area contributed by atoms with E-state index in [4.69, 9.17) is 4.74 Å². The van der Waals surface area contributed by atoms with Gasteiger partial charge in [-0.25, -0.2) is 4.79 Å². The zero-order chi connectivity index (χ0) is 27.5. The molecule has 3 aromatic carbocycles. The second kappa shape index (κ2) is 11.2. The Bertz CT molecular complexity index is 1490. The molecular weight excluding hydrogens is 500 g/mol. The van der Waals surface area contributed by atoms with Crippen LogP contribution in [0.25, 0.3) is 10.9 Å². The number of nitrogens with one attached hydrogen (secondary N) is 1. The Balaban J connectivity index is 1.14. The summed E-state index contributed by atoms with van der Waals surface area (Å²) in [5, 5.41) is 1.31. The first-order valence-electron chi connectivity index (χ1n) is 14.1. The van der Waals surface area contributed by atoms with E-state index in [1.807, 2.05) is 41.3 Å². The van der Waals surface area contributed by atoms with Crippen LogP contribution in [-0.2, 0) is 22.5 Å². The highest BCUT2D eigenvalue weighted by Gasteiger charge is 2.53. The molecule has 40 heavy (non-hydrogen) atoms. The summed E-state index contributed by atoms with van der Waals surface area (Å²) in [7, 11) is 1.38. The van der Waals surface area contributed by atoms with Gasteiger partial charge >= 0.3 is 5.97 Å². The fourth-order valence-corrected chi connectivity index (χ4v) is 6.44. The highest BCUT2D eigenvalue weighted by Crippen LogP contribution is 2.40. The fourth-order valence-electron chi connectivity index (χ4n) is 6.44. The second-order valence-electron chi connectivity index (χ2n) is 10.9. The molecule has 0 radical (unpaired) electrons. The van der Waals surface area contributed by atoms with Crippen LogP contribution in [0.15, 0.2) is 85.1 Å². The van der Waals surface area contributed by atoms with E-state index in [1.165, 1.54) is 23.6 Å². The number of methoxy groups -OCH3 is 1. The van der Waals surface area contributed by atoms with Crippen molar-refractivity contribution < 1.29 is 14.3 Å². The molecule has 1 amide bonds. The molecule has 2 aliphatic heterocycles. The van der Waals surface area contributed by atoms with Gasteiger partial charge in [0.05, 0.1) is 19.3 Å². The third-order valence-corrected chi connectivity index (χ3v) is 8.58. The first-order valence-corrected chi connectivity index (χ1v) is 14.1. The Kier molecular flexibility index (Phi) is 7.30. The minimum absolute atomic E-state index is 0.179. The summed E-state index contributed by atoms with van der Waals surface area (Å²) in [4.78, 5) is 36.3. The number of benzene rings is 3. The average Bonchev–Trinajstić information content (AvgIpc) is 3.53. The van der Waals surface area contributed by atoms with Crippen LogP contribution in [0.1, 0.15) is 40.7 Å². The van der Waals surface area contributed by atoms with Crippen LogP contribution in [0.2, 0.25) is 0 Å². The minimum atomic E-state index is -0.547. The molecule has 3 heterocycles. The van der Waals surface area contributed by atoms with E-state index >= 15 is 0 Å². The minimum Gasteiger partial charge on any atom is -0.465 e. The maximum atomic E-state index is 14.1. The van der Waals surface area contributed by atoms with Gasteiger partial charge in [0.25, 0.3) is 0 Å². The van der Waals surface area contributed by atoms with Gasteiger partial charge in [-0.2, -0.15) is 0 Å². The number of aromatic nitrogens is 1. The molecule has 1 aromatic heterocycles. The first-order chi connectivity index (χ1) is 19.6. The summed E-state index contributed by atoms with van der Waals surface area (Å²) in [6.07, 6.45) is 5.87. The van der Waals surface area contributed by atoms with Crippen LogP contribution < -0.4 is 4.90 Å². The number of carbonyl (C=O) groups excluding carboxylic acids is 2. The van der Waals surface area contributed by atoms with Crippen molar-refractivity contribution in [1.82, 2.24) is 14.8 Å². The van der Waals surface area contributed by atoms with E-state index in [1.54, 1.807) is 6.07 Å². The Morgan fingerprint density at radius 2 is 1.75 bits per heavy atom. The van der Waals surface area contributed by atoms with Crippen molar-refractivity contribution in [2.24, 2.45) is 0 Å². The third kappa shape index (κ3) is 4.97. The van der Waals surface area contributed by atoms with Gasteiger partial charge in [-0.15, -0.1) is 0 Å². The Hall–Kier alpha value is -4.10. The molecular formula is C33H36N4O3. The van der Waals surface area contributed by atoms with Crippen molar-refractivity contribution in [2.75, 3.05) is 38.3 Å². The van der Waals surface area contributed by atoms with Crippen LogP contribution >= 0.6 is 0 Å². The van der Waals surface area contributed by atoms with Gasteiger partial charge in [-0.3, -0.25) is 4.79 Å². The number of nitrogens with zero attached hydrogens (tertiary/aromatic N) is 3. The molecule has 0 aliphatic carbocycles. The summed E-state index contributed by atoms with van der Waals surface area (Å²) in [6.45, 7) is 3.82. The fraction of sp³-hybridized carbons (Fsp3) is 0.333. The van der Waals surface area contributed by atoms with E-state index in [0.717, 1.165) is 56.6 Å². The number of aryl methyl sites for hydroxylation is 1. The van der Waals surface area contributed by atoms with Crippen molar-refractivity contribution in [3.8, 4) is 0 Å². The smallest absolute Gasteiger partial charge is 0.337 e. The standard InChI is InChI=1S/C33H36N4O3/c1-40-31(38)26-10-7-9-25(21-26)23-36-24-37(28-12-3-2-4-13-28)33(32(36)39)16-19-35(20-17-33)18-8-11-27-22-34-30-15-6-5-14-29(27)30/h2-7,9-10,12-15,21-22,34H,8,11,16-20,23-24H2,1H3. The van der Waals surface area contributed by atoms with Crippen molar-refractivity contribution in [2.45, 2.75) is 37.8 Å². The summed E-state index contributed by atoms with van der Waals surface area (Å²) < 4.78 is 4.89. The van der Waals surface area contributed by atoms with E-state index in [0.29, 0.717) is 18.8 Å². The number of piperidine rings is 1. The average molecular weight is 537 g/mol. The number of amides is 1. The highest BCUT2D eigenvalue weighted by molar-refractivity contribution is 5.94. The van der Waals surface area contributed by atoms with Crippen LogP contribution in [0.5, 0.6) is 0 Å². The van der Waals surface area contributed by atoms with Crippen molar-refractivity contribution >= 4 is 28.5 Å². The van der Waals surface area contributed by atoms with Gasteiger partial charge in [-0.05, 0) is 73.7 Å². The summed E-state index contributed by atoms with van der Waals surface area (Å²) in [5.74, 6) is -0.188. The lowest BCUT2D eigenvalue weighted by molar-refractivity contribution is -0.134. The van der Waals surface area contributed by atoms with Crippen LogP contribution in [0, 0.1) is 0 Å². The van der Waals surface area contributed by atoms with Gasteiger partial charge < -0.3 is 24.4 Å². The topological polar surface area (TPSA) is 68.9 Å². The monoisotopic (exact) mass is 536 g/mol. The summed E-state index contributed by atoms with van der Waals surface area (Å²) in [5.41, 5.74) is 4.53. The number of ether oxygens (including phenoxy) is 1. The number of anilines is 1. The Labute approximate surface area is 235 Å². The molecule has 4 aromatic rings. The lowest BCUT2D eigenvalue weighted by Gasteiger charge is -2.43. The molecule has 2 fully saturated rings. The number of esters is 1. The predicted octanol–water partition coefficient (Wildman–Crippen LogP) is 5.23. The molecule has 6 rings (SSSR count). The van der Waals surface area contributed by atoms with Gasteiger partial charge in [0, 0.05) is 42.4 Å². The predicted molar refractivity (Wildman–Crippen MR) is 157 cm³/mol. The van der Waals surface area contributed by atoms with Crippen LogP contribution in [0.3, 0.4) is 0 Å². The molecule has 0 unspecified atom stereocenters. The molecule has 7 nitrogen and oxygen atoms in total. The molecule has 0 saturated carbocycles. The van der Waals surface area contributed by atoms with Gasteiger partial charge in [0.2, 0.25) is 5.91 Å². The maximum absolute atomic E-state index is 14.1. The largest absolute Gasteiger partial charge is 0.465 e. The molecule has 2 aliphatic rings. The number of fused-ring (bicyclic) bond motifs is 1. The number of aromatic amines is 1. The molecule has 7 heteroatoms. The normalized spacial score (nSPS) is 17.2. The van der Waals surface area contributed by atoms with Crippen molar-refractivity contribution in [1.29, 1.82) is 0 Å². The number of carbonyl (C=O) groups is 2. The van der Waals surface area contributed by atoms with Gasteiger partial charge in [0.1, 0.15) is 5.54 Å². The third-order valence-electron chi connectivity index (χ3n) is 8.58. The van der Waals surface area contributed by atoms with E-state index in [2.05, 4.69) is 57.4 Å². The molecule has 0 bridgehead atoms. The zero-order valence-electron chi connectivity index (χ0n) is 23.0. The van der Waals surface area contributed by atoms with E-state index in [9.17, 15) is 9.59 Å². The number of rotatable bonds is 8. The van der Waals surface area contributed by atoms with Crippen molar-refractivity contribution in [3.05, 3.63) is 102 Å². The number of likely N-dealkylation sites (tertiary alicyclic amines) is 1. The first kappa shape index (κ1) is 26.1. The molecule has 1 N–H and O–H groups in total. The summed E-state index contributed by atoms with van der Waals surface area (Å²) >= 11 is 0. The molecule has 1 spiro atoms. The molecule has 0 atom stereocenters. The summed E-state index contributed by atoms with van der Waals surface area (Å²) in [6, 6.07) is 26.2. The van der Waals surface area contributed by atoms with Crippen LogP contribution in [0.4, 0.5) is 5.69 Å². The number of hydrogen-bond donors (Lipinski definition) is 1. The lowest BCUT2D eigenvalue weighted by Crippen LogP contribution is -2.56. The Morgan fingerprint density at radius 3 is 2.55 bits per heavy atom. The van der Waals surface area contributed by atoms with Gasteiger partial charge in [-0.1, -0.05) is 48.5 Å². The van der Waals surface area contributed by atoms with Crippen LogP contribution in [-0.4, -0.2) is 65.6 Å². The SMILES string of the molecule is COC(=O)c1cccc(CN2CN(c3ccccc3)C3(CCN(CCCc4c[nH]c5ccccc45)CC3)C2=O)c1. The number of para-hydroxylation sites is 2. The zero-order valence-corrected chi connectivity index (χ0v) is 23.0. The van der Waals surface area contributed by atoms with E-state index < -0.39 is 5.54 Å². The lowest BCUT2D eigenvalue weighted by atomic mass is 9.85. The van der Waals surface area contributed by atoms with E-state index in [-0.39, 0.29) is 11.9 Å². The molecule has 2 saturated heterocycles. The molecule has 206 valence electrons. The number of H-pyrrole nitrogens is 1. The quantitative estimate of drug-likeness (QED) is 0.313.